The molecule has 0 radical (unpaired) electrons. The third-order valence-electron chi connectivity index (χ3n) is 5.32. The number of piperazine rings is 1. The Hall–Kier alpha value is -2.70. The first kappa shape index (κ1) is 19.6. The molecule has 0 aliphatic carbocycles. The van der Waals surface area contributed by atoms with Gasteiger partial charge < -0.3 is 15.1 Å². The highest BCUT2D eigenvalue weighted by Gasteiger charge is 2.16. The molecular weight excluding hydrogens is 386 g/mol. The number of hydrogen-bond donors (Lipinski definition) is 1. The van der Waals surface area contributed by atoms with Crippen LogP contribution < -0.4 is 10.2 Å². The number of carbonyl (C=O) groups excluding carboxylic acids is 1. The SMILES string of the molecule is CCN1CCN(c2ccc(CNC(=O)c3ccc4nc(Cl)ccc4c3)cn2)CC1. The predicted octanol–water partition coefficient (Wildman–Crippen LogP) is 3.36. The lowest BCUT2D eigenvalue weighted by atomic mass is 10.1. The van der Waals surface area contributed by atoms with Crippen molar-refractivity contribution in [2.75, 3.05) is 37.6 Å². The average molecular weight is 410 g/mol. The number of halogens is 1. The van der Waals surface area contributed by atoms with E-state index in [1.807, 2.05) is 36.5 Å². The number of aromatic nitrogens is 2. The van der Waals surface area contributed by atoms with Gasteiger partial charge in [0.05, 0.1) is 5.52 Å². The van der Waals surface area contributed by atoms with E-state index in [1.54, 1.807) is 12.1 Å². The fourth-order valence-electron chi connectivity index (χ4n) is 3.53. The smallest absolute Gasteiger partial charge is 0.251 e. The van der Waals surface area contributed by atoms with Gasteiger partial charge in [0, 0.05) is 49.9 Å². The third kappa shape index (κ3) is 4.66. The summed E-state index contributed by atoms with van der Waals surface area (Å²) >= 11 is 5.91. The van der Waals surface area contributed by atoms with E-state index < -0.39 is 0 Å². The van der Waals surface area contributed by atoms with E-state index in [1.165, 1.54) is 0 Å². The number of nitrogens with zero attached hydrogens (tertiary/aromatic N) is 4. The molecule has 1 aliphatic heterocycles. The summed E-state index contributed by atoms with van der Waals surface area (Å²) in [6.45, 7) is 7.88. The van der Waals surface area contributed by atoms with Crippen molar-refractivity contribution in [2.45, 2.75) is 13.5 Å². The molecule has 3 heterocycles. The Labute approximate surface area is 175 Å². The van der Waals surface area contributed by atoms with Crippen molar-refractivity contribution < 1.29 is 4.79 Å². The molecule has 0 atom stereocenters. The Morgan fingerprint density at radius 2 is 1.93 bits per heavy atom. The van der Waals surface area contributed by atoms with E-state index in [2.05, 4.69) is 32.0 Å². The Morgan fingerprint density at radius 3 is 2.66 bits per heavy atom. The zero-order valence-electron chi connectivity index (χ0n) is 16.4. The van der Waals surface area contributed by atoms with Gasteiger partial charge in [-0.1, -0.05) is 24.6 Å². The molecule has 3 aromatic rings. The average Bonchev–Trinajstić information content (AvgIpc) is 2.77. The molecule has 0 unspecified atom stereocenters. The van der Waals surface area contributed by atoms with Crippen LogP contribution in [0.25, 0.3) is 10.9 Å². The van der Waals surface area contributed by atoms with Gasteiger partial charge in [-0.05, 0) is 48.5 Å². The van der Waals surface area contributed by atoms with Gasteiger partial charge in [0.1, 0.15) is 11.0 Å². The number of hydrogen-bond acceptors (Lipinski definition) is 5. The number of carbonyl (C=O) groups is 1. The van der Waals surface area contributed by atoms with Crippen molar-refractivity contribution in [2.24, 2.45) is 0 Å². The summed E-state index contributed by atoms with van der Waals surface area (Å²) < 4.78 is 0. The molecule has 150 valence electrons. The molecule has 4 rings (SSSR count). The van der Waals surface area contributed by atoms with Crippen LogP contribution in [0.2, 0.25) is 5.15 Å². The standard InChI is InChI=1S/C22H24ClN5O/c1-2-27-9-11-28(12-10-27)21-8-3-16(14-24-21)15-25-22(29)18-4-6-19-17(13-18)5-7-20(23)26-19/h3-8,13-14H,2,9-12,15H2,1H3,(H,25,29). The second kappa shape index (κ2) is 8.76. The van der Waals surface area contributed by atoms with Crippen molar-refractivity contribution in [1.29, 1.82) is 0 Å². The summed E-state index contributed by atoms with van der Waals surface area (Å²) in [4.78, 5) is 26.1. The van der Waals surface area contributed by atoms with E-state index in [0.717, 1.165) is 55.0 Å². The van der Waals surface area contributed by atoms with Crippen LogP contribution in [0.1, 0.15) is 22.8 Å². The Balaban J connectivity index is 1.35. The Morgan fingerprint density at radius 1 is 1.10 bits per heavy atom. The molecule has 6 nitrogen and oxygen atoms in total. The maximum atomic E-state index is 12.5. The van der Waals surface area contributed by atoms with Crippen molar-refractivity contribution in [3.63, 3.8) is 0 Å². The molecule has 1 amide bonds. The summed E-state index contributed by atoms with van der Waals surface area (Å²) in [6, 6.07) is 13.1. The van der Waals surface area contributed by atoms with Gasteiger partial charge in [-0.25, -0.2) is 9.97 Å². The molecule has 1 fully saturated rings. The van der Waals surface area contributed by atoms with Gasteiger partial charge in [0.15, 0.2) is 0 Å². The number of likely N-dealkylation sites (N-methyl/N-ethyl adjacent to an activating group) is 1. The van der Waals surface area contributed by atoms with Gasteiger partial charge in [-0.3, -0.25) is 4.79 Å². The minimum absolute atomic E-state index is 0.124. The quantitative estimate of drug-likeness (QED) is 0.655. The lowest BCUT2D eigenvalue weighted by molar-refractivity contribution is 0.0951. The Bertz CT molecular complexity index is 1000. The van der Waals surface area contributed by atoms with Gasteiger partial charge in [0.2, 0.25) is 0 Å². The highest BCUT2D eigenvalue weighted by Crippen LogP contribution is 2.18. The van der Waals surface area contributed by atoms with Crippen LogP contribution in [-0.2, 0) is 6.54 Å². The summed E-state index contributed by atoms with van der Waals surface area (Å²) in [5.41, 5.74) is 2.34. The first-order chi connectivity index (χ1) is 14.1. The van der Waals surface area contributed by atoms with E-state index in [9.17, 15) is 4.79 Å². The van der Waals surface area contributed by atoms with E-state index in [0.29, 0.717) is 17.3 Å². The number of nitrogens with one attached hydrogen (secondary N) is 1. The Kier molecular flexibility index (Phi) is 5.92. The minimum Gasteiger partial charge on any atom is -0.354 e. The molecule has 0 saturated carbocycles. The molecule has 2 aromatic heterocycles. The van der Waals surface area contributed by atoms with Gasteiger partial charge >= 0.3 is 0 Å². The summed E-state index contributed by atoms with van der Waals surface area (Å²) in [5, 5.41) is 4.29. The molecule has 7 heteroatoms. The van der Waals surface area contributed by atoms with Gasteiger partial charge in [-0.15, -0.1) is 0 Å². The van der Waals surface area contributed by atoms with Crippen LogP contribution in [0.3, 0.4) is 0 Å². The van der Waals surface area contributed by atoms with Crippen LogP contribution in [0.15, 0.2) is 48.7 Å². The van der Waals surface area contributed by atoms with Crippen molar-refractivity contribution >= 4 is 34.2 Å². The van der Waals surface area contributed by atoms with Gasteiger partial charge in [0.25, 0.3) is 5.91 Å². The number of pyridine rings is 2. The van der Waals surface area contributed by atoms with Crippen LogP contribution in [-0.4, -0.2) is 53.5 Å². The topological polar surface area (TPSA) is 61.4 Å². The van der Waals surface area contributed by atoms with Crippen LogP contribution >= 0.6 is 11.6 Å². The summed E-state index contributed by atoms with van der Waals surface area (Å²) in [5.74, 6) is 0.873. The predicted molar refractivity (Wildman–Crippen MR) is 116 cm³/mol. The van der Waals surface area contributed by atoms with Crippen LogP contribution in [0.4, 0.5) is 5.82 Å². The fourth-order valence-corrected chi connectivity index (χ4v) is 3.68. The molecule has 29 heavy (non-hydrogen) atoms. The number of amides is 1. The zero-order valence-corrected chi connectivity index (χ0v) is 17.2. The fraction of sp³-hybridized carbons (Fsp3) is 0.318. The number of anilines is 1. The first-order valence-corrected chi connectivity index (χ1v) is 10.3. The number of rotatable bonds is 5. The molecule has 1 N–H and O–H groups in total. The van der Waals surface area contributed by atoms with Crippen molar-refractivity contribution in [3.8, 4) is 0 Å². The van der Waals surface area contributed by atoms with Crippen molar-refractivity contribution in [1.82, 2.24) is 20.2 Å². The monoisotopic (exact) mass is 409 g/mol. The molecule has 1 aliphatic rings. The van der Waals surface area contributed by atoms with Gasteiger partial charge in [-0.2, -0.15) is 0 Å². The second-order valence-electron chi connectivity index (χ2n) is 7.17. The molecular formula is C22H24ClN5O. The number of fused-ring (bicyclic) bond motifs is 1. The molecule has 1 aromatic carbocycles. The summed E-state index contributed by atoms with van der Waals surface area (Å²) in [7, 11) is 0. The third-order valence-corrected chi connectivity index (χ3v) is 5.53. The van der Waals surface area contributed by atoms with Crippen LogP contribution in [0.5, 0.6) is 0 Å². The van der Waals surface area contributed by atoms with E-state index in [4.69, 9.17) is 11.6 Å². The highest BCUT2D eigenvalue weighted by atomic mass is 35.5. The van der Waals surface area contributed by atoms with E-state index >= 15 is 0 Å². The second-order valence-corrected chi connectivity index (χ2v) is 7.56. The highest BCUT2D eigenvalue weighted by molar-refractivity contribution is 6.29. The normalized spacial score (nSPS) is 14.9. The lowest BCUT2D eigenvalue weighted by Crippen LogP contribution is -2.46. The molecule has 0 bridgehead atoms. The largest absolute Gasteiger partial charge is 0.354 e. The molecule has 0 spiro atoms. The lowest BCUT2D eigenvalue weighted by Gasteiger charge is -2.34. The van der Waals surface area contributed by atoms with Crippen LogP contribution in [0, 0.1) is 0 Å². The van der Waals surface area contributed by atoms with Crippen molar-refractivity contribution in [3.05, 3.63) is 64.9 Å². The number of benzene rings is 1. The minimum atomic E-state index is -0.124. The first-order valence-electron chi connectivity index (χ1n) is 9.89. The summed E-state index contributed by atoms with van der Waals surface area (Å²) in [6.07, 6.45) is 1.84. The zero-order chi connectivity index (χ0) is 20.2. The maximum Gasteiger partial charge on any atom is 0.251 e. The molecule has 1 saturated heterocycles. The van der Waals surface area contributed by atoms with E-state index in [-0.39, 0.29) is 5.91 Å². The maximum absolute atomic E-state index is 12.5.